The highest BCUT2D eigenvalue weighted by atomic mass is 28.3. The summed E-state index contributed by atoms with van der Waals surface area (Å²) in [6.45, 7) is 8.01. The number of benzene rings is 2. The number of anilines is 2. The fourth-order valence-electron chi connectivity index (χ4n) is 3.67. The van der Waals surface area contributed by atoms with Gasteiger partial charge >= 0.3 is 0 Å². The molecule has 0 atom stereocenters. The molecule has 35 heavy (non-hydrogen) atoms. The third-order valence-corrected chi connectivity index (χ3v) is 7.40. The quantitative estimate of drug-likeness (QED) is 0.187. The van der Waals surface area contributed by atoms with Gasteiger partial charge in [0.1, 0.15) is 18.4 Å². The van der Waals surface area contributed by atoms with Crippen molar-refractivity contribution < 1.29 is 13.5 Å². The van der Waals surface area contributed by atoms with Crippen molar-refractivity contribution in [1.82, 2.24) is 14.8 Å². The van der Waals surface area contributed by atoms with Crippen LogP contribution in [0.2, 0.25) is 25.7 Å². The van der Waals surface area contributed by atoms with Crippen molar-refractivity contribution in [3.63, 3.8) is 0 Å². The molecule has 0 aliphatic carbocycles. The minimum Gasteiger partial charge on any atom is -0.360 e. The molecule has 0 unspecified atom stereocenters. The smallest absolute Gasteiger partial charge is 0.140 e. The standard InChI is InChI=1S/C27H30F2N4OSi/c1-32(24-16-20(28)15-21(29)17-24)23-9-11-27-25(18-23)26(10-8-22-7-5-6-12-30-22)31-33(27)19-34-13-14-35(2,3)4/h5-12,15-18H,13-14,19H2,1-4H3. The number of hydrogen-bond donors (Lipinski definition) is 0. The van der Waals surface area contributed by atoms with E-state index in [9.17, 15) is 8.78 Å². The fraction of sp³-hybridized carbons (Fsp3) is 0.259. The summed E-state index contributed by atoms with van der Waals surface area (Å²) < 4.78 is 35.4. The third kappa shape index (κ3) is 6.40. The van der Waals surface area contributed by atoms with Crippen LogP contribution >= 0.6 is 0 Å². The number of ether oxygens (including phenoxy) is 1. The van der Waals surface area contributed by atoms with Gasteiger partial charge in [0.15, 0.2) is 0 Å². The van der Waals surface area contributed by atoms with E-state index in [-0.39, 0.29) is 0 Å². The van der Waals surface area contributed by atoms with Crippen LogP contribution in [0.25, 0.3) is 23.1 Å². The van der Waals surface area contributed by atoms with E-state index in [2.05, 4.69) is 24.6 Å². The SMILES string of the molecule is CN(c1cc(F)cc(F)c1)c1ccc2c(c1)c(C=Cc1ccccn1)nn2COCC[Si](C)(C)C. The highest BCUT2D eigenvalue weighted by Crippen LogP contribution is 2.30. The van der Waals surface area contributed by atoms with Crippen LogP contribution in [0.5, 0.6) is 0 Å². The predicted molar refractivity (Wildman–Crippen MR) is 141 cm³/mol. The minimum absolute atomic E-state index is 0.350. The van der Waals surface area contributed by atoms with E-state index in [0.717, 1.165) is 40.1 Å². The van der Waals surface area contributed by atoms with Gasteiger partial charge in [0.05, 0.1) is 16.9 Å². The number of halogens is 2. The lowest BCUT2D eigenvalue weighted by molar-refractivity contribution is 0.0816. The Morgan fingerprint density at radius 3 is 2.43 bits per heavy atom. The number of fused-ring (bicyclic) bond motifs is 1. The first-order chi connectivity index (χ1) is 16.7. The van der Waals surface area contributed by atoms with E-state index in [1.54, 1.807) is 18.1 Å². The Hall–Kier alpha value is -3.36. The van der Waals surface area contributed by atoms with Gasteiger partial charge in [0.25, 0.3) is 0 Å². The molecular formula is C27H30F2N4OSi. The Balaban J connectivity index is 1.68. The maximum Gasteiger partial charge on any atom is 0.140 e. The highest BCUT2D eigenvalue weighted by Gasteiger charge is 2.15. The van der Waals surface area contributed by atoms with Crippen molar-refractivity contribution in [2.24, 2.45) is 0 Å². The number of rotatable bonds is 9. The van der Waals surface area contributed by atoms with Crippen molar-refractivity contribution in [2.75, 3.05) is 18.6 Å². The topological polar surface area (TPSA) is 43.2 Å². The first-order valence-electron chi connectivity index (χ1n) is 11.6. The zero-order chi connectivity index (χ0) is 25.0. The molecule has 182 valence electrons. The Morgan fingerprint density at radius 1 is 0.971 bits per heavy atom. The summed E-state index contributed by atoms with van der Waals surface area (Å²) in [5.74, 6) is -1.23. The summed E-state index contributed by atoms with van der Waals surface area (Å²) in [6.07, 6.45) is 5.58. The molecule has 0 aliphatic rings. The van der Waals surface area contributed by atoms with Gasteiger partial charge in [-0.3, -0.25) is 4.98 Å². The summed E-state index contributed by atoms with van der Waals surface area (Å²) in [5, 5.41) is 5.70. The lowest BCUT2D eigenvalue weighted by atomic mass is 10.1. The second-order valence-corrected chi connectivity index (χ2v) is 15.3. The molecule has 0 fully saturated rings. The Kier molecular flexibility index (Phi) is 7.42. The van der Waals surface area contributed by atoms with Crippen molar-refractivity contribution in [1.29, 1.82) is 0 Å². The maximum absolute atomic E-state index is 13.8. The van der Waals surface area contributed by atoms with Crippen LogP contribution < -0.4 is 4.90 Å². The average molecular weight is 493 g/mol. The molecule has 0 saturated carbocycles. The van der Waals surface area contributed by atoms with Gasteiger partial charge in [-0.05, 0) is 60.7 Å². The molecule has 0 spiro atoms. The first kappa shape index (κ1) is 24.8. The monoisotopic (exact) mass is 492 g/mol. The van der Waals surface area contributed by atoms with Gasteiger partial charge < -0.3 is 9.64 Å². The summed E-state index contributed by atoms with van der Waals surface area (Å²) in [7, 11) is 0.594. The molecule has 0 saturated heterocycles. The Labute approximate surface area is 205 Å². The normalized spacial score (nSPS) is 12.1. The molecule has 0 bridgehead atoms. The van der Waals surface area contributed by atoms with Crippen LogP contribution in [-0.2, 0) is 11.5 Å². The summed E-state index contributed by atoms with van der Waals surface area (Å²) in [4.78, 5) is 6.09. The minimum atomic E-state index is -1.19. The average Bonchev–Trinajstić information content (AvgIpc) is 3.16. The van der Waals surface area contributed by atoms with Gasteiger partial charge in [-0.15, -0.1) is 0 Å². The zero-order valence-corrected chi connectivity index (χ0v) is 21.5. The first-order valence-corrected chi connectivity index (χ1v) is 15.3. The van der Waals surface area contributed by atoms with Gasteiger partial charge in [-0.1, -0.05) is 25.7 Å². The van der Waals surface area contributed by atoms with E-state index in [4.69, 9.17) is 9.84 Å². The van der Waals surface area contributed by atoms with Crippen LogP contribution in [0.4, 0.5) is 20.2 Å². The van der Waals surface area contributed by atoms with Crippen LogP contribution in [0, 0.1) is 11.6 Å². The van der Waals surface area contributed by atoms with E-state index in [0.29, 0.717) is 19.0 Å². The van der Waals surface area contributed by atoms with E-state index in [1.165, 1.54) is 12.1 Å². The van der Waals surface area contributed by atoms with Crippen molar-refractivity contribution in [3.8, 4) is 0 Å². The van der Waals surface area contributed by atoms with Crippen LogP contribution in [-0.4, -0.2) is 36.5 Å². The van der Waals surface area contributed by atoms with Crippen LogP contribution in [0.3, 0.4) is 0 Å². The molecule has 4 rings (SSSR count). The van der Waals surface area contributed by atoms with Gasteiger partial charge in [0, 0.05) is 50.8 Å². The molecule has 5 nitrogen and oxygen atoms in total. The van der Waals surface area contributed by atoms with Crippen molar-refractivity contribution in [2.45, 2.75) is 32.4 Å². The molecule has 8 heteroatoms. The molecule has 2 heterocycles. The Bertz CT molecular complexity index is 1310. The molecular weight excluding hydrogens is 462 g/mol. The number of nitrogens with zero attached hydrogens (tertiary/aromatic N) is 4. The van der Waals surface area contributed by atoms with E-state index >= 15 is 0 Å². The lowest BCUT2D eigenvalue weighted by Crippen LogP contribution is -2.22. The number of aromatic nitrogens is 3. The number of hydrogen-bond acceptors (Lipinski definition) is 4. The molecule has 0 aliphatic heterocycles. The largest absolute Gasteiger partial charge is 0.360 e. The molecule has 0 amide bonds. The van der Waals surface area contributed by atoms with E-state index in [1.807, 2.05) is 53.2 Å². The van der Waals surface area contributed by atoms with Gasteiger partial charge in [0.2, 0.25) is 0 Å². The van der Waals surface area contributed by atoms with Crippen LogP contribution in [0.1, 0.15) is 11.4 Å². The Morgan fingerprint density at radius 2 is 1.74 bits per heavy atom. The maximum atomic E-state index is 13.8. The summed E-state index contributed by atoms with van der Waals surface area (Å²) in [5.41, 5.74) is 3.72. The lowest BCUT2D eigenvalue weighted by Gasteiger charge is -2.20. The highest BCUT2D eigenvalue weighted by molar-refractivity contribution is 6.76. The molecule has 0 radical (unpaired) electrons. The fourth-order valence-corrected chi connectivity index (χ4v) is 4.43. The molecule has 2 aromatic carbocycles. The van der Waals surface area contributed by atoms with Crippen LogP contribution in [0.15, 0.2) is 60.8 Å². The molecule has 2 aromatic heterocycles. The van der Waals surface area contributed by atoms with Crippen molar-refractivity contribution in [3.05, 3.63) is 83.8 Å². The van der Waals surface area contributed by atoms with Crippen molar-refractivity contribution >= 4 is 42.5 Å². The third-order valence-electron chi connectivity index (χ3n) is 5.69. The van der Waals surface area contributed by atoms with Gasteiger partial charge in [-0.25, -0.2) is 13.5 Å². The molecule has 0 N–H and O–H groups in total. The summed E-state index contributed by atoms with van der Waals surface area (Å²) >= 11 is 0. The van der Waals surface area contributed by atoms with E-state index < -0.39 is 19.7 Å². The second-order valence-electron chi connectivity index (χ2n) is 9.71. The molecule has 4 aromatic rings. The number of pyridine rings is 1. The van der Waals surface area contributed by atoms with Gasteiger partial charge in [-0.2, -0.15) is 5.10 Å². The predicted octanol–water partition coefficient (Wildman–Crippen LogP) is 6.96. The summed E-state index contributed by atoms with van der Waals surface area (Å²) in [6, 6.07) is 16.1. The second kappa shape index (κ2) is 10.5. The zero-order valence-electron chi connectivity index (χ0n) is 20.5.